The molecule has 6 aromatic carbocycles. The average Bonchev–Trinajstić information content (AvgIpc) is 3.48. The van der Waals surface area contributed by atoms with Crippen molar-refractivity contribution < 1.29 is 0 Å². The molecule has 0 nitrogen and oxygen atoms in total. The molecule has 0 unspecified atom stereocenters. The molecule has 218 valence electrons. The molecule has 0 aromatic heterocycles. The maximum atomic E-state index is 3.84. The summed E-state index contributed by atoms with van der Waals surface area (Å²) in [4.78, 5) is 0. The number of fused-ring (bicyclic) bond motifs is 11. The Morgan fingerprint density at radius 1 is 0.283 bits per heavy atom. The summed E-state index contributed by atoms with van der Waals surface area (Å²) in [5, 5.41) is 2.73. The largest absolute Gasteiger partial charge is 0.0647 e. The van der Waals surface area contributed by atoms with Gasteiger partial charge in [-0.15, -0.1) is 0 Å². The Balaban J connectivity index is 1.55. The summed E-state index contributed by atoms with van der Waals surface area (Å²) in [6, 6.07) is 37.2. The molecule has 6 aromatic rings. The van der Waals surface area contributed by atoms with Crippen LogP contribution in [0.5, 0.6) is 0 Å². The van der Waals surface area contributed by atoms with E-state index in [1.165, 1.54) is 77.5 Å². The molecule has 4 aliphatic rings. The van der Waals surface area contributed by atoms with Crippen molar-refractivity contribution in [3.63, 3.8) is 0 Å². The zero-order valence-electron chi connectivity index (χ0n) is 24.2. The van der Waals surface area contributed by atoms with Gasteiger partial charge in [0.1, 0.15) is 0 Å². The van der Waals surface area contributed by atoms with E-state index in [1.54, 1.807) is 0 Å². The fourth-order valence-electron chi connectivity index (χ4n) is 9.13. The van der Waals surface area contributed by atoms with Crippen molar-refractivity contribution in [1.29, 1.82) is 0 Å². The van der Waals surface area contributed by atoms with Gasteiger partial charge in [0.05, 0.1) is 10.8 Å². The zero-order valence-corrected chi connectivity index (χ0v) is 30.6. The van der Waals surface area contributed by atoms with Gasteiger partial charge in [0, 0.05) is 17.9 Å². The molecule has 0 fully saturated rings. The molecule has 4 aliphatic carbocycles. The van der Waals surface area contributed by atoms with Gasteiger partial charge in [0.2, 0.25) is 0 Å². The lowest BCUT2D eigenvalue weighted by Crippen LogP contribution is -2.50. The summed E-state index contributed by atoms with van der Waals surface area (Å²) in [5.74, 6) is 0. The fraction of sp³-hybridized carbons (Fsp3) is 0.0476. The third-order valence-electron chi connectivity index (χ3n) is 10.6. The predicted octanol–water partition coefficient (Wildman–Crippen LogP) is 13.0. The van der Waals surface area contributed by atoms with E-state index >= 15 is 0 Å². The molecular formula is C42H22Br4. The summed E-state index contributed by atoms with van der Waals surface area (Å²) in [7, 11) is 0. The molecule has 0 radical (unpaired) electrons. The second kappa shape index (κ2) is 9.64. The first-order chi connectivity index (χ1) is 22.4. The average molecular weight is 846 g/mol. The molecule has 2 spiro atoms. The van der Waals surface area contributed by atoms with E-state index in [0.29, 0.717) is 0 Å². The van der Waals surface area contributed by atoms with Crippen LogP contribution >= 0.6 is 63.7 Å². The van der Waals surface area contributed by atoms with Crippen molar-refractivity contribution in [2.45, 2.75) is 10.8 Å². The SMILES string of the molecule is Brc1ccc2c(c1)C=Cc1cc(Br)ccc1C21c2ccc3c4c(ccc(c24)C12c1ccc(Br)cc1C=Cc1cc(Br)ccc12)C=C3. The van der Waals surface area contributed by atoms with E-state index in [-0.39, 0.29) is 0 Å². The number of halogens is 4. The molecule has 0 saturated heterocycles. The minimum absolute atomic E-state index is 0.623. The van der Waals surface area contributed by atoms with Crippen LogP contribution in [-0.2, 0) is 10.8 Å². The van der Waals surface area contributed by atoms with Crippen molar-refractivity contribution in [1.82, 2.24) is 0 Å². The van der Waals surface area contributed by atoms with Gasteiger partial charge in [-0.3, -0.25) is 0 Å². The lowest BCUT2D eigenvalue weighted by Gasteiger charge is -2.51. The summed E-state index contributed by atoms with van der Waals surface area (Å²) in [5.41, 5.74) is 14.1. The molecule has 0 saturated carbocycles. The van der Waals surface area contributed by atoms with Gasteiger partial charge in [0.25, 0.3) is 0 Å². The Labute approximate surface area is 301 Å². The fourth-order valence-corrected chi connectivity index (χ4v) is 10.6. The van der Waals surface area contributed by atoms with Crippen LogP contribution in [0.3, 0.4) is 0 Å². The van der Waals surface area contributed by atoms with Crippen LogP contribution in [-0.4, -0.2) is 0 Å². The summed E-state index contributed by atoms with van der Waals surface area (Å²) in [6.45, 7) is 0. The van der Waals surface area contributed by atoms with E-state index < -0.39 is 10.8 Å². The molecule has 0 N–H and O–H groups in total. The Morgan fingerprint density at radius 2 is 0.565 bits per heavy atom. The Bertz CT molecular complexity index is 2200. The van der Waals surface area contributed by atoms with Crippen LogP contribution in [0.1, 0.15) is 66.8 Å². The molecule has 0 aliphatic heterocycles. The molecule has 4 heteroatoms. The Hall–Kier alpha value is -3.28. The normalized spacial score (nSPS) is 16.3. The van der Waals surface area contributed by atoms with Gasteiger partial charge < -0.3 is 0 Å². The highest BCUT2D eigenvalue weighted by Gasteiger charge is 2.65. The highest BCUT2D eigenvalue weighted by molar-refractivity contribution is 9.11. The molecule has 0 atom stereocenters. The standard InChI is InChI=1S/C42H22Br4/c43-29-9-15-33-25(19-29)3-4-26-20-30(44)10-16-34(26)41(33)37-13-7-23-1-2-24-8-14-38(40(37)39(23)24)42(41)35-17-11-31(45)21-27(35)5-6-28-22-32(46)12-18-36(28)42/h1-22H. The first-order valence-corrected chi connectivity index (χ1v) is 18.4. The quantitative estimate of drug-likeness (QED) is 0.143. The van der Waals surface area contributed by atoms with Crippen molar-refractivity contribution in [2.24, 2.45) is 0 Å². The van der Waals surface area contributed by atoms with Crippen molar-refractivity contribution in [2.75, 3.05) is 0 Å². The predicted molar refractivity (Wildman–Crippen MR) is 207 cm³/mol. The highest BCUT2D eigenvalue weighted by atomic mass is 79.9. The summed E-state index contributed by atoms with van der Waals surface area (Å²) < 4.78 is 4.29. The van der Waals surface area contributed by atoms with E-state index in [9.17, 15) is 0 Å². The lowest BCUT2D eigenvalue weighted by atomic mass is 9.49. The van der Waals surface area contributed by atoms with Gasteiger partial charge in [0.15, 0.2) is 0 Å². The van der Waals surface area contributed by atoms with E-state index in [1.807, 2.05) is 0 Å². The van der Waals surface area contributed by atoms with E-state index in [2.05, 4.69) is 197 Å². The van der Waals surface area contributed by atoms with Gasteiger partial charge in [-0.2, -0.15) is 0 Å². The molecule has 0 amide bonds. The smallest absolute Gasteiger partial charge is 0.0565 e. The second-order valence-electron chi connectivity index (χ2n) is 12.6. The zero-order chi connectivity index (χ0) is 30.9. The van der Waals surface area contributed by atoms with Crippen LogP contribution < -0.4 is 0 Å². The van der Waals surface area contributed by atoms with Crippen LogP contribution in [0.15, 0.2) is 115 Å². The van der Waals surface area contributed by atoms with Crippen LogP contribution in [0.4, 0.5) is 0 Å². The topological polar surface area (TPSA) is 0 Å². The van der Waals surface area contributed by atoms with Crippen LogP contribution in [0.2, 0.25) is 0 Å². The summed E-state index contributed by atoms with van der Waals surface area (Å²) >= 11 is 15.4. The first-order valence-electron chi connectivity index (χ1n) is 15.3. The van der Waals surface area contributed by atoms with Gasteiger partial charge in [-0.1, -0.05) is 149 Å². The maximum absolute atomic E-state index is 3.84. The van der Waals surface area contributed by atoms with Crippen LogP contribution in [0.25, 0.3) is 47.2 Å². The van der Waals surface area contributed by atoms with Crippen molar-refractivity contribution >= 4 is 111 Å². The molecule has 46 heavy (non-hydrogen) atoms. The molecular weight excluding hydrogens is 824 g/mol. The minimum atomic E-state index is -0.623. The second-order valence-corrected chi connectivity index (χ2v) is 16.2. The van der Waals surface area contributed by atoms with Crippen molar-refractivity contribution in [3.05, 3.63) is 182 Å². The van der Waals surface area contributed by atoms with Crippen molar-refractivity contribution in [3.8, 4) is 0 Å². The number of rotatable bonds is 0. The van der Waals surface area contributed by atoms with E-state index in [0.717, 1.165) is 17.9 Å². The lowest BCUT2D eigenvalue weighted by molar-refractivity contribution is 0.441. The number of hydrogen-bond acceptors (Lipinski definition) is 0. The number of hydrogen-bond donors (Lipinski definition) is 0. The monoisotopic (exact) mass is 842 g/mol. The first kappa shape index (κ1) is 27.8. The summed E-state index contributed by atoms with van der Waals surface area (Å²) in [6.07, 6.45) is 13.8. The molecule has 0 bridgehead atoms. The molecule has 10 rings (SSSR count). The highest BCUT2D eigenvalue weighted by Crippen LogP contribution is 2.70. The minimum Gasteiger partial charge on any atom is -0.0565 e. The van der Waals surface area contributed by atoms with Gasteiger partial charge in [-0.05, 0) is 126 Å². The Morgan fingerprint density at radius 3 is 0.891 bits per heavy atom. The number of benzene rings is 6. The van der Waals surface area contributed by atoms with E-state index in [4.69, 9.17) is 0 Å². The van der Waals surface area contributed by atoms with Gasteiger partial charge in [-0.25, -0.2) is 0 Å². The Kier molecular flexibility index (Phi) is 5.82. The van der Waals surface area contributed by atoms with Crippen LogP contribution in [0, 0.1) is 0 Å². The van der Waals surface area contributed by atoms with Gasteiger partial charge >= 0.3 is 0 Å². The third kappa shape index (κ3) is 3.34. The maximum Gasteiger partial charge on any atom is 0.0647 e. The third-order valence-corrected chi connectivity index (χ3v) is 12.6. The molecule has 0 heterocycles.